The van der Waals surface area contributed by atoms with Gasteiger partial charge in [-0.05, 0) is 16.3 Å². The standard InChI is InChI=1S/C14H12N2S/c15-14-16-9-13(17-14)8-10-5-6-11-3-1-2-4-12(11)7-10/h1-7,9H,8H2,(H2,15,16). The van der Waals surface area contributed by atoms with Crippen LogP contribution in [0.5, 0.6) is 0 Å². The van der Waals surface area contributed by atoms with E-state index in [4.69, 9.17) is 5.73 Å². The maximum Gasteiger partial charge on any atom is 0.180 e. The molecule has 3 heteroatoms. The van der Waals surface area contributed by atoms with Gasteiger partial charge in [-0.2, -0.15) is 0 Å². The average Bonchev–Trinajstić information content (AvgIpc) is 2.75. The van der Waals surface area contributed by atoms with Crippen LogP contribution in [0, 0.1) is 0 Å². The molecule has 2 aromatic carbocycles. The molecule has 0 fully saturated rings. The van der Waals surface area contributed by atoms with Gasteiger partial charge < -0.3 is 5.73 Å². The molecule has 1 aromatic heterocycles. The normalized spacial score (nSPS) is 10.8. The van der Waals surface area contributed by atoms with Crippen LogP contribution in [-0.4, -0.2) is 4.98 Å². The molecule has 0 unspecified atom stereocenters. The van der Waals surface area contributed by atoms with Gasteiger partial charge in [0.1, 0.15) is 0 Å². The van der Waals surface area contributed by atoms with Crippen LogP contribution in [0.4, 0.5) is 5.13 Å². The number of fused-ring (bicyclic) bond motifs is 1. The van der Waals surface area contributed by atoms with E-state index in [1.807, 2.05) is 6.20 Å². The van der Waals surface area contributed by atoms with Crippen molar-refractivity contribution in [1.29, 1.82) is 0 Å². The van der Waals surface area contributed by atoms with Crippen LogP contribution in [0.25, 0.3) is 10.8 Å². The summed E-state index contributed by atoms with van der Waals surface area (Å²) in [5.41, 5.74) is 6.93. The summed E-state index contributed by atoms with van der Waals surface area (Å²) in [5, 5.41) is 3.20. The van der Waals surface area contributed by atoms with Crippen LogP contribution >= 0.6 is 11.3 Å². The van der Waals surface area contributed by atoms with Gasteiger partial charge in [-0.3, -0.25) is 0 Å². The van der Waals surface area contributed by atoms with E-state index in [1.54, 1.807) is 11.3 Å². The van der Waals surface area contributed by atoms with Crippen LogP contribution in [-0.2, 0) is 6.42 Å². The first-order valence-electron chi connectivity index (χ1n) is 5.49. The summed E-state index contributed by atoms with van der Waals surface area (Å²) in [4.78, 5) is 5.28. The lowest BCUT2D eigenvalue weighted by molar-refractivity contribution is 1.23. The Morgan fingerprint density at radius 1 is 1.06 bits per heavy atom. The second-order valence-electron chi connectivity index (χ2n) is 4.02. The van der Waals surface area contributed by atoms with Crippen LogP contribution in [0.2, 0.25) is 0 Å². The Morgan fingerprint density at radius 3 is 2.65 bits per heavy atom. The molecule has 0 saturated heterocycles. The van der Waals surface area contributed by atoms with E-state index in [0.29, 0.717) is 5.13 Å². The third-order valence-corrected chi connectivity index (χ3v) is 3.59. The van der Waals surface area contributed by atoms with Crippen molar-refractivity contribution in [2.24, 2.45) is 0 Å². The first kappa shape index (κ1) is 10.3. The molecule has 1 heterocycles. The summed E-state index contributed by atoms with van der Waals surface area (Å²) in [7, 11) is 0. The lowest BCUT2D eigenvalue weighted by atomic mass is 10.0. The lowest BCUT2D eigenvalue weighted by Crippen LogP contribution is -1.84. The minimum Gasteiger partial charge on any atom is -0.375 e. The average molecular weight is 240 g/mol. The summed E-state index contributed by atoms with van der Waals surface area (Å²) >= 11 is 1.55. The Balaban J connectivity index is 1.95. The maximum atomic E-state index is 5.63. The second-order valence-corrected chi connectivity index (χ2v) is 5.17. The van der Waals surface area contributed by atoms with Crippen molar-refractivity contribution in [3.63, 3.8) is 0 Å². The van der Waals surface area contributed by atoms with Gasteiger partial charge >= 0.3 is 0 Å². The van der Waals surface area contributed by atoms with Gasteiger partial charge in [0.05, 0.1) is 0 Å². The second kappa shape index (κ2) is 4.18. The number of thiazole rings is 1. The van der Waals surface area contributed by atoms with Gasteiger partial charge in [-0.1, -0.05) is 42.5 Å². The van der Waals surface area contributed by atoms with E-state index < -0.39 is 0 Å². The first-order chi connectivity index (χ1) is 8.31. The molecular weight excluding hydrogens is 228 g/mol. The number of aromatic nitrogens is 1. The molecule has 0 aliphatic carbocycles. The van der Waals surface area contributed by atoms with Gasteiger partial charge in [-0.25, -0.2) is 4.98 Å². The number of hydrogen-bond donors (Lipinski definition) is 1. The number of nitrogens with two attached hydrogens (primary N) is 1. The summed E-state index contributed by atoms with van der Waals surface area (Å²) in [6, 6.07) is 14.9. The highest BCUT2D eigenvalue weighted by atomic mass is 32.1. The molecule has 0 radical (unpaired) electrons. The van der Waals surface area contributed by atoms with E-state index in [0.717, 1.165) is 6.42 Å². The number of nitrogens with zero attached hydrogens (tertiary/aromatic N) is 1. The molecule has 0 aliphatic heterocycles. The van der Waals surface area contributed by atoms with Crippen LogP contribution in [0.1, 0.15) is 10.4 Å². The van der Waals surface area contributed by atoms with E-state index in [2.05, 4.69) is 47.4 Å². The van der Waals surface area contributed by atoms with Gasteiger partial charge in [0.2, 0.25) is 0 Å². The predicted molar refractivity (Wildman–Crippen MR) is 73.3 cm³/mol. The third kappa shape index (κ3) is 2.15. The molecule has 2 N–H and O–H groups in total. The molecule has 0 aliphatic rings. The number of benzene rings is 2. The van der Waals surface area contributed by atoms with Crippen LogP contribution in [0.15, 0.2) is 48.7 Å². The molecule has 0 amide bonds. The minimum atomic E-state index is 0.640. The van der Waals surface area contributed by atoms with Crippen molar-refractivity contribution in [2.45, 2.75) is 6.42 Å². The molecule has 0 saturated carbocycles. The van der Waals surface area contributed by atoms with E-state index in [-0.39, 0.29) is 0 Å². The van der Waals surface area contributed by atoms with Gasteiger partial charge in [-0.15, -0.1) is 11.3 Å². The lowest BCUT2D eigenvalue weighted by Gasteiger charge is -2.01. The summed E-state index contributed by atoms with van der Waals surface area (Å²) in [6.07, 6.45) is 2.76. The molecule has 17 heavy (non-hydrogen) atoms. The van der Waals surface area contributed by atoms with Crippen LogP contribution in [0.3, 0.4) is 0 Å². The van der Waals surface area contributed by atoms with Gasteiger partial charge in [0.15, 0.2) is 5.13 Å². The fraction of sp³-hybridized carbons (Fsp3) is 0.0714. The monoisotopic (exact) mass is 240 g/mol. The summed E-state index contributed by atoms with van der Waals surface area (Å²) in [6.45, 7) is 0. The summed E-state index contributed by atoms with van der Waals surface area (Å²) < 4.78 is 0. The molecular formula is C14H12N2S. The zero-order valence-corrected chi connectivity index (χ0v) is 10.1. The van der Waals surface area contributed by atoms with E-state index in [1.165, 1.54) is 21.2 Å². The molecule has 0 atom stereocenters. The van der Waals surface area contributed by atoms with Crippen molar-refractivity contribution in [1.82, 2.24) is 4.98 Å². The quantitative estimate of drug-likeness (QED) is 0.745. The Labute approximate surface area is 104 Å². The smallest absolute Gasteiger partial charge is 0.180 e. The Kier molecular flexibility index (Phi) is 2.53. The van der Waals surface area contributed by atoms with Crippen molar-refractivity contribution in [3.05, 3.63) is 59.1 Å². The van der Waals surface area contributed by atoms with Gasteiger partial charge in [0, 0.05) is 17.5 Å². The summed E-state index contributed by atoms with van der Waals surface area (Å²) in [5.74, 6) is 0. The Hall–Kier alpha value is -1.87. The number of rotatable bonds is 2. The molecule has 84 valence electrons. The topological polar surface area (TPSA) is 38.9 Å². The highest BCUT2D eigenvalue weighted by Gasteiger charge is 2.01. The van der Waals surface area contributed by atoms with Crippen molar-refractivity contribution in [2.75, 3.05) is 5.73 Å². The molecule has 3 aromatic rings. The fourth-order valence-corrected chi connectivity index (χ4v) is 2.67. The third-order valence-electron chi connectivity index (χ3n) is 2.76. The SMILES string of the molecule is Nc1ncc(Cc2ccc3ccccc3c2)s1. The van der Waals surface area contributed by atoms with E-state index in [9.17, 15) is 0 Å². The predicted octanol–water partition coefficient (Wildman–Crippen LogP) is 3.47. The molecule has 0 bridgehead atoms. The zero-order chi connectivity index (χ0) is 11.7. The highest BCUT2D eigenvalue weighted by Crippen LogP contribution is 2.21. The van der Waals surface area contributed by atoms with Crippen molar-refractivity contribution < 1.29 is 0 Å². The molecule has 3 rings (SSSR count). The Morgan fingerprint density at radius 2 is 1.88 bits per heavy atom. The largest absolute Gasteiger partial charge is 0.375 e. The van der Waals surface area contributed by atoms with E-state index >= 15 is 0 Å². The maximum absolute atomic E-state index is 5.63. The number of nitrogen functional groups attached to an aromatic ring is 1. The fourth-order valence-electron chi connectivity index (χ4n) is 1.95. The number of anilines is 1. The Bertz CT molecular complexity index is 658. The zero-order valence-electron chi connectivity index (χ0n) is 9.26. The molecule has 0 spiro atoms. The highest BCUT2D eigenvalue weighted by molar-refractivity contribution is 7.15. The minimum absolute atomic E-state index is 0.640. The van der Waals surface area contributed by atoms with Crippen molar-refractivity contribution in [3.8, 4) is 0 Å². The van der Waals surface area contributed by atoms with Crippen molar-refractivity contribution >= 4 is 27.2 Å². The van der Waals surface area contributed by atoms with Crippen LogP contribution < -0.4 is 5.73 Å². The molecule has 2 nitrogen and oxygen atoms in total. The number of hydrogen-bond acceptors (Lipinski definition) is 3. The first-order valence-corrected chi connectivity index (χ1v) is 6.31. The van der Waals surface area contributed by atoms with Gasteiger partial charge in [0.25, 0.3) is 0 Å².